The Kier molecular flexibility index (Phi) is 6.98. The second kappa shape index (κ2) is 9.22. The van der Waals surface area contributed by atoms with Gasteiger partial charge in [0.25, 0.3) is 5.91 Å². The lowest BCUT2D eigenvalue weighted by Crippen LogP contribution is -2.31. The van der Waals surface area contributed by atoms with E-state index in [1.807, 2.05) is 5.32 Å². The predicted octanol–water partition coefficient (Wildman–Crippen LogP) is 3.43. The second-order valence-electron chi connectivity index (χ2n) is 6.10. The van der Waals surface area contributed by atoms with Gasteiger partial charge in [-0.05, 0) is 44.2 Å². The number of carbonyl (C=O) groups excluding carboxylic acids is 3. The van der Waals surface area contributed by atoms with Crippen molar-refractivity contribution in [3.05, 3.63) is 58.9 Å². The van der Waals surface area contributed by atoms with E-state index in [1.165, 1.54) is 33.1 Å². The zero-order chi connectivity index (χ0) is 21.7. The summed E-state index contributed by atoms with van der Waals surface area (Å²) in [5.41, 5.74) is 0.158. The Morgan fingerprint density at radius 1 is 1.07 bits per heavy atom. The van der Waals surface area contributed by atoms with Crippen LogP contribution < -0.4 is 10.1 Å². The molecule has 2 rings (SSSR count). The zero-order valence-corrected chi connectivity index (χ0v) is 15.8. The summed E-state index contributed by atoms with van der Waals surface area (Å²) in [7, 11) is 1.39. The molecule has 1 N–H and O–H groups in total. The van der Waals surface area contributed by atoms with Crippen LogP contribution in [0.15, 0.2) is 30.3 Å². The van der Waals surface area contributed by atoms with E-state index in [2.05, 4.69) is 0 Å². The van der Waals surface area contributed by atoms with Crippen molar-refractivity contribution in [2.24, 2.45) is 0 Å². The first-order chi connectivity index (χ1) is 13.6. The van der Waals surface area contributed by atoms with Gasteiger partial charge in [-0.25, -0.2) is 13.2 Å². The first kappa shape index (κ1) is 21.9. The Morgan fingerprint density at radius 3 is 2.38 bits per heavy atom. The highest BCUT2D eigenvalue weighted by Crippen LogP contribution is 2.22. The lowest BCUT2D eigenvalue weighted by Gasteiger charge is -2.15. The van der Waals surface area contributed by atoms with Crippen molar-refractivity contribution in [3.8, 4) is 5.75 Å². The van der Waals surface area contributed by atoms with E-state index in [4.69, 9.17) is 9.47 Å². The molecule has 0 aromatic heterocycles. The lowest BCUT2D eigenvalue weighted by atomic mass is 10.0. The van der Waals surface area contributed by atoms with Gasteiger partial charge in [0.1, 0.15) is 5.75 Å². The maximum atomic E-state index is 13.6. The van der Waals surface area contributed by atoms with Crippen molar-refractivity contribution in [2.45, 2.75) is 26.4 Å². The topological polar surface area (TPSA) is 81.7 Å². The van der Waals surface area contributed by atoms with Gasteiger partial charge >= 0.3 is 5.97 Å². The Morgan fingerprint density at radius 2 is 1.76 bits per heavy atom. The van der Waals surface area contributed by atoms with Crippen LogP contribution in [-0.2, 0) is 20.7 Å². The highest BCUT2D eigenvalue weighted by atomic mass is 19.2. The number of hydrogen-bond donors (Lipinski definition) is 1. The van der Waals surface area contributed by atoms with E-state index in [-0.39, 0.29) is 12.2 Å². The second-order valence-corrected chi connectivity index (χ2v) is 6.10. The normalized spacial score (nSPS) is 11.5. The number of amides is 1. The average Bonchev–Trinajstić information content (AvgIpc) is 2.68. The quantitative estimate of drug-likeness (QED) is 0.431. The van der Waals surface area contributed by atoms with Gasteiger partial charge in [0.05, 0.1) is 19.2 Å². The maximum Gasteiger partial charge on any atom is 0.311 e. The fourth-order valence-electron chi connectivity index (χ4n) is 2.44. The Bertz CT molecular complexity index is 961. The van der Waals surface area contributed by atoms with Crippen LogP contribution in [0, 0.1) is 17.5 Å². The van der Waals surface area contributed by atoms with E-state index >= 15 is 0 Å². The number of esters is 1. The molecule has 2 aromatic rings. The molecule has 154 valence electrons. The summed E-state index contributed by atoms with van der Waals surface area (Å²) in [5.74, 6) is -6.30. The minimum absolute atomic E-state index is 0.205. The molecule has 6 nitrogen and oxygen atoms in total. The van der Waals surface area contributed by atoms with Gasteiger partial charge in [0.15, 0.2) is 29.3 Å². The van der Waals surface area contributed by atoms with Crippen LogP contribution in [-0.4, -0.2) is 30.9 Å². The van der Waals surface area contributed by atoms with E-state index in [0.29, 0.717) is 22.9 Å². The number of carbonyl (C=O) groups is 3. The van der Waals surface area contributed by atoms with Gasteiger partial charge in [-0.2, -0.15) is 0 Å². The summed E-state index contributed by atoms with van der Waals surface area (Å²) in [4.78, 5) is 35.7. The molecular formula is C20H18F3NO5. The summed E-state index contributed by atoms with van der Waals surface area (Å²) in [6.07, 6.45) is -1.64. The van der Waals surface area contributed by atoms with Crippen molar-refractivity contribution in [1.82, 2.24) is 0 Å². The van der Waals surface area contributed by atoms with E-state index in [9.17, 15) is 27.6 Å². The van der Waals surface area contributed by atoms with Crippen LogP contribution in [0.2, 0.25) is 0 Å². The number of nitrogens with one attached hydrogen (secondary N) is 1. The third kappa shape index (κ3) is 5.34. The average molecular weight is 409 g/mol. The molecule has 9 heteroatoms. The van der Waals surface area contributed by atoms with Gasteiger partial charge in [-0.15, -0.1) is 0 Å². The van der Waals surface area contributed by atoms with E-state index in [0.717, 1.165) is 6.07 Å². The molecule has 0 fully saturated rings. The van der Waals surface area contributed by atoms with Crippen molar-refractivity contribution in [3.63, 3.8) is 0 Å². The van der Waals surface area contributed by atoms with Crippen molar-refractivity contribution >= 4 is 23.3 Å². The third-order valence-corrected chi connectivity index (χ3v) is 3.99. The van der Waals surface area contributed by atoms with Crippen molar-refractivity contribution < 1.29 is 37.0 Å². The number of benzene rings is 2. The first-order valence-electron chi connectivity index (χ1n) is 8.45. The van der Waals surface area contributed by atoms with E-state index in [1.54, 1.807) is 6.07 Å². The van der Waals surface area contributed by atoms with Crippen LogP contribution in [0.1, 0.15) is 29.8 Å². The summed E-state index contributed by atoms with van der Waals surface area (Å²) in [6, 6.07) is 6.05. The van der Waals surface area contributed by atoms with Crippen molar-refractivity contribution in [1.29, 1.82) is 0 Å². The summed E-state index contributed by atoms with van der Waals surface area (Å²) in [5, 5.41) is 2.03. The fraction of sp³-hybridized carbons (Fsp3) is 0.250. The monoisotopic (exact) mass is 409 g/mol. The van der Waals surface area contributed by atoms with Gasteiger partial charge < -0.3 is 14.8 Å². The number of halogens is 3. The molecule has 0 spiro atoms. The van der Waals surface area contributed by atoms with Crippen LogP contribution in [0.3, 0.4) is 0 Å². The maximum absolute atomic E-state index is 13.6. The van der Waals surface area contributed by atoms with E-state index < -0.39 is 41.1 Å². The fourth-order valence-corrected chi connectivity index (χ4v) is 2.44. The van der Waals surface area contributed by atoms with Gasteiger partial charge in [0, 0.05) is 11.1 Å². The van der Waals surface area contributed by atoms with Crippen LogP contribution in [0.5, 0.6) is 5.75 Å². The number of hydrogen-bond acceptors (Lipinski definition) is 5. The molecule has 0 aliphatic rings. The third-order valence-electron chi connectivity index (χ3n) is 3.99. The van der Waals surface area contributed by atoms with Crippen LogP contribution >= 0.6 is 0 Å². The summed E-state index contributed by atoms with van der Waals surface area (Å²) < 4.78 is 50.0. The molecule has 0 aliphatic heterocycles. The lowest BCUT2D eigenvalue weighted by molar-refractivity contribution is -0.152. The van der Waals surface area contributed by atoms with Crippen molar-refractivity contribution in [2.75, 3.05) is 12.4 Å². The molecular weight excluding hydrogens is 391 g/mol. The highest BCUT2D eigenvalue weighted by Gasteiger charge is 2.22. The Hall–Kier alpha value is -3.36. The molecule has 0 unspecified atom stereocenters. The number of ketones is 1. The smallest absolute Gasteiger partial charge is 0.311 e. The van der Waals surface area contributed by atoms with Gasteiger partial charge in [-0.1, -0.05) is 0 Å². The Labute approximate surface area is 164 Å². The summed E-state index contributed by atoms with van der Waals surface area (Å²) in [6.45, 7) is 2.60. The molecule has 0 radical (unpaired) electrons. The molecule has 0 saturated heterocycles. The molecule has 0 aliphatic carbocycles. The number of ether oxygens (including phenoxy) is 2. The Balaban J connectivity index is 2.05. The largest absolute Gasteiger partial charge is 0.496 e. The number of methoxy groups -OCH3 is 1. The zero-order valence-electron chi connectivity index (χ0n) is 15.8. The standard InChI is InChI=1S/C20H18F3NO5/c1-10(25)12-4-7-16(28-3)13(8-12)9-17(26)29-11(2)20(27)24-15-6-5-14(21)18(22)19(15)23/h4-8,11H,9H2,1-3H3,(H,24,27)/t11-/m0/s1. The summed E-state index contributed by atoms with van der Waals surface area (Å²) >= 11 is 0. The first-order valence-corrected chi connectivity index (χ1v) is 8.45. The number of Topliss-reactive ketones (excluding diaryl/α,β-unsaturated/α-hetero) is 1. The van der Waals surface area contributed by atoms with Crippen LogP contribution in [0.25, 0.3) is 0 Å². The van der Waals surface area contributed by atoms with Crippen LogP contribution in [0.4, 0.5) is 18.9 Å². The SMILES string of the molecule is COc1ccc(C(C)=O)cc1CC(=O)O[C@@H](C)C(=O)Nc1ccc(F)c(F)c1F. The molecule has 0 heterocycles. The molecule has 29 heavy (non-hydrogen) atoms. The number of rotatable bonds is 7. The molecule has 0 saturated carbocycles. The number of anilines is 1. The molecule has 0 bridgehead atoms. The highest BCUT2D eigenvalue weighted by molar-refractivity contribution is 5.96. The predicted molar refractivity (Wildman–Crippen MR) is 97.2 cm³/mol. The minimum atomic E-state index is -1.73. The molecule has 1 amide bonds. The molecule has 2 aromatic carbocycles. The minimum Gasteiger partial charge on any atom is -0.496 e. The van der Waals surface area contributed by atoms with Gasteiger partial charge in [0.2, 0.25) is 0 Å². The molecule has 1 atom stereocenters. The van der Waals surface area contributed by atoms with Gasteiger partial charge in [-0.3, -0.25) is 14.4 Å².